The second kappa shape index (κ2) is 4.43. The third-order valence-electron chi connectivity index (χ3n) is 3.20. The number of hydrogen-bond donors (Lipinski definition) is 1. The molecule has 1 aliphatic heterocycles. The van der Waals surface area contributed by atoms with Crippen molar-refractivity contribution in [2.45, 2.75) is 19.4 Å². The van der Waals surface area contributed by atoms with Gasteiger partial charge in [-0.3, -0.25) is 0 Å². The van der Waals surface area contributed by atoms with E-state index in [2.05, 4.69) is 10.1 Å². The van der Waals surface area contributed by atoms with Crippen LogP contribution in [0.4, 0.5) is 0 Å². The standard InChI is InChI=1S/C12H16N4O/c13-7-10-2-1-4-16-12(10)14-11(15-16)6-9-3-5-17-8-9/h1-2,4,9H,3,5-8,13H2. The Hall–Kier alpha value is -1.46. The molecule has 0 bridgehead atoms. The number of aromatic nitrogens is 3. The number of hydrogen-bond acceptors (Lipinski definition) is 4. The monoisotopic (exact) mass is 232 g/mol. The average Bonchev–Trinajstić information content (AvgIpc) is 2.97. The Balaban J connectivity index is 1.90. The van der Waals surface area contributed by atoms with Crippen molar-refractivity contribution in [3.8, 4) is 0 Å². The first-order valence-electron chi connectivity index (χ1n) is 5.98. The summed E-state index contributed by atoms with van der Waals surface area (Å²) in [6.07, 6.45) is 3.92. The van der Waals surface area contributed by atoms with Gasteiger partial charge in [-0.25, -0.2) is 9.50 Å². The van der Waals surface area contributed by atoms with Crippen LogP contribution in [0.15, 0.2) is 18.3 Å². The SMILES string of the molecule is NCc1cccn2nc(CC3CCOC3)nc12. The lowest BCUT2D eigenvalue weighted by atomic mass is 10.1. The molecule has 3 rings (SSSR count). The molecule has 5 heteroatoms. The van der Waals surface area contributed by atoms with Crippen molar-refractivity contribution in [1.29, 1.82) is 0 Å². The molecule has 0 aliphatic carbocycles. The maximum absolute atomic E-state index is 5.69. The lowest BCUT2D eigenvalue weighted by molar-refractivity contribution is 0.185. The average molecular weight is 232 g/mol. The molecular formula is C12H16N4O. The van der Waals surface area contributed by atoms with Gasteiger partial charge in [-0.05, 0) is 18.4 Å². The van der Waals surface area contributed by atoms with Crippen LogP contribution in [-0.4, -0.2) is 27.8 Å². The van der Waals surface area contributed by atoms with Crippen LogP contribution < -0.4 is 5.73 Å². The van der Waals surface area contributed by atoms with E-state index in [1.54, 1.807) is 0 Å². The van der Waals surface area contributed by atoms with Gasteiger partial charge in [0.25, 0.3) is 0 Å². The maximum atomic E-state index is 5.69. The topological polar surface area (TPSA) is 65.4 Å². The zero-order valence-electron chi connectivity index (χ0n) is 9.67. The summed E-state index contributed by atoms with van der Waals surface area (Å²) in [5.41, 5.74) is 7.60. The van der Waals surface area contributed by atoms with Gasteiger partial charge in [0.1, 0.15) is 0 Å². The Morgan fingerprint density at radius 3 is 3.24 bits per heavy atom. The summed E-state index contributed by atoms with van der Waals surface area (Å²) in [7, 11) is 0. The van der Waals surface area contributed by atoms with Gasteiger partial charge in [0.2, 0.25) is 0 Å². The smallest absolute Gasteiger partial charge is 0.160 e. The summed E-state index contributed by atoms with van der Waals surface area (Å²) in [4.78, 5) is 4.56. The van der Waals surface area contributed by atoms with E-state index in [9.17, 15) is 0 Å². The molecule has 1 saturated heterocycles. The summed E-state index contributed by atoms with van der Waals surface area (Å²) in [5.74, 6) is 1.45. The highest BCUT2D eigenvalue weighted by Crippen LogP contribution is 2.17. The maximum Gasteiger partial charge on any atom is 0.160 e. The minimum atomic E-state index is 0.495. The molecule has 3 heterocycles. The van der Waals surface area contributed by atoms with E-state index in [4.69, 9.17) is 10.5 Å². The number of nitrogens with two attached hydrogens (primary N) is 1. The van der Waals surface area contributed by atoms with Crippen molar-refractivity contribution in [3.05, 3.63) is 29.7 Å². The van der Waals surface area contributed by atoms with Crippen molar-refractivity contribution < 1.29 is 4.74 Å². The first-order valence-corrected chi connectivity index (χ1v) is 5.98. The second-order valence-corrected chi connectivity index (χ2v) is 4.47. The van der Waals surface area contributed by atoms with Crippen LogP contribution >= 0.6 is 0 Å². The van der Waals surface area contributed by atoms with Crippen LogP contribution in [0, 0.1) is 5.92 Å². The van der Waals surface area contributed by atoms with Gasteiger partial charge >= 0.3 is 0 Å². The molecule has 2 N–H and O–H groups in total. The van der Waals surface area contributed by atoms with Gasteiger partial charge in [-0.2, -0.15) is 5.10 Å². The van der Waals surface area contributed by atoms with Gasteiger partial charge in [0.05, 0.1) is 0 Å². The zero-order valence-corrected chi connectivity index (χ0v) is 9.67. The van der Waals surface area contributed by atoms with Crippen LogP contribution in [0.25, 0.3) is 5.65 Å². The fourth-order valence-electron chi connectivity index (χ4n) is 2.25. The van der Waals surface area contributed by atoms with E-state index in [0.29, 0.717) is 12.5 Å². The Morgan fingerprint density at radius 1 is 1.53 bits per heavy atom. The Labute approximate surface area is 99.6 Å². The summed E-state index contributed by atoms with van der Waals surface area (Å²) in [6, 6.07) is 3.94. The molecule has 5 nitrogen and oxygen atoms in total. The largest absolute Gasteiger partial charge is 0.381 e. The molecule has 2 aromatic rings. The lowest BCUT2D eigenvalue weighted by Crippen LogP contribution is -2.05. The lowest BCUT2D eigenvalue weighted by Gasteiger charge is -2.01. The molecule has 90 valence electrons. The molecular weight excluding hydrogens is 216 g/mol. The van der Waals surface area contributed by atoms with E-state index >= 15 is 0 Å². The predicted molar refractivity (Wildman–Crippen MR) is 63.5 cm³/mol. The van der Waals surface area contributed by atoms with E-state index in [1.165, 1.54) is 0 Å². The van der Waals surface area contributed by atoms with Crippen molar-refractivity contribution in [1.82, 2.24) is 14.6 Å². The fraction of sp³-hybridized carbons (Fsp3) is 0.500. The molecule has 0 aromatic carbocycles. The molecule has 1 unspecified atom stereocenters. The number of fused-ring (bicyclic) bond motifs is 1. The minimum absolute atomic E-state index is 0.495. The molecule has 0 saturated carbocycles. The van der Waals surface area contributed by atoms with E-state index in [1.807, 2.05) is 22.8 Å². The highest BCUT2D eigenvalue weighted by molar-refractivity contribution is 5.46. The molecule has 0 amide bonds. The molecule has 17 heavy (non-hydrogen) atoms. The summed E-state index contributed by atoms with van der Waals surface area (Å²) >= 11 is 0. The zero-order chi connectivity index (χ0) is 11.7. The number of nitrogens with zero attached hydrogens (tertiary/aromatic N) is 3. The Bertz CT molecular complexity index is 516. The van der Waals surface area contributed by atoms with Crippen LogP contribution in [0.3, 0.4) is 0 Å². The summed E-state index contributed by atoms with van der Waals surface area (Å²) in [5, 5.41) is 4.48. The predicted octanol–water partition coefficient (Wildman–Crippen LogP) is 0.767. The third kappa shape index (κ3) is 2.03. The van der Waals surface area contributed by atoms with Crippen molar-refractivity contribution in [2.24, 2.45) is 11.7 Å². The second-order valence-electron chi connectivity index (χ2n) is 4.47. The van der Waals surface area contributed by atoms with Crippen LogP contribution in [-0.2, 0) is 17.7 Å². The quantitative estimate of drug-likeness (QED) is 0.848. The van der Waals surface area contributed by atoms with Gasteiger partial charge in [-0.15, -0.1) is 0 Å². The summed E-state index contributed by atoms with van der Waals surface area (Å²) < 4.78 is 7.18. The van der Waals surface area contributed by atoms with E-state index in [0.717, 1.165) is 43.1 Å². The molecule has 1 atom stereocenters. The number of ether oxygens (including phenoxy) is 1. The highest BCUT2D eigenvalue weighted by atomic mass is 16.5. The van der Waals surface area contributed by atoms with Crippen LogP contribution in [0.1, 0.15) is 17.8 Å². The van der Waals surface area contributed by atoms with Gasteiger partial charge in [0.15, 0.2) is 11.5 Å². The molecule has 1 aliphatic rings. The summed E-state index contributed by atoms with van der Waals surface area (Å²) in [6.45, 7) is 2.19. The number of rotatable bonds is 3. The Kier molecular flexibility index (Phi) is 2.78. The normalized spacial score (nSPS) is 20.2. The third-order valence-corrected chi connectivity index (χ3v) is 3.20. The molecule has 0 spiro atoms. The number of pyridine rings is 1. The highest BCUT2D eigenvalue weighted by Gasteiger charge is 2.18. The van der Waals surface area contributed by atoms with Crippen molar-refractivity contribution >= 4 is 5.65 Å². The molecule has 1 fully saturated rings. The van der Waals surface area contributed by atoms with Crippen LogP contribution in [0.2, 0.25) is 0 Å². The minimum Gasteiger partial charge on any atom is -0.381 e. The Morgan fingerprint density at radius 2 is 2.47 bits per heavy atom. The van der Waals surface area contributed by atoms with Gasteiger partial charge in [-0.1, -0.05) is 6.07 Å². The van der Waals surface area contributed by atoms with Crippen molar-refractivity contribution in [2.75, 3.05) is 13.2 Å². The molecule has 0 radical (unpaired) electrons. The van der Waals surface area contributed by atoms with Crippen LogP contribution in [0.5, 0.6) is 0 Å². The van der Waals surface area contributed by atoms with Crippen molar-refractivity contribution in [3.63, 3.8) is 0 Å². The fourth-order valence-corrected chi connectivity index (χ4v) is 2.25. The first-order chi connectivity index (χ1) is 8.36. The molecule has 2 aromatic heterocycles. The van der Waals surface area contributed by atoms with Gasteiger partial charge < -0.3 is 10.5 Å². The van der Waals surface area contributed by atoms with E-state index < -0.39 is 0 Å². The van der Waals surface area contributed by atoms with Gasteiger partial charge in [0, 0.05) is 37.9 Å². The van der Waals surface area contributed by atoms with E-state index in [-0.39, 0.29) is 0 Å². The first kappa shape index (κ1) is 10.7.